The van der Waals surface area contributed by atoms with Crippen LogP contribution in [0.1, 0.15) is 25.0 Å². The van der Waals surface area contributed by atoms with Crippen LogP contribution in [-0.2, 0) is 46.0 Å². The van der Waals surface area contributed by atoms with Crippen LogP contribution in [0.2, 0.25) is 0 Å². The lowest BCUT2D eigenvalue weighted by Gasteiger charge is -2.23. The summed E-state index contributed by atoms with van der Waals surface area (Å²) in [5.74, 6) is 0. The molecule has 1 aromatic rings. The molecule has 0 saturated carbocycles. The van der Waals surface area contributed by atoms with Crippen molar-refractivity contribution in [3.63, 3.8) is 0 Å². The minimum absolute atomic E-state index is 0.261. The summed E-state index contributed by atoms with van der Waals surface area (Å²) in [4.78, 5) is -0.324. The van der Waals surface area contributed by atoms with Gasteiger partial charge in [-0.2, -0.15) is 38.4 Å². The van der Waals surface area contributed by atoms with Crippen LogP contribution in [0.15, 0.2) is 23.1 Å². The Morgan fingerprint density at radius 3 is 1.37 bits per heavy atom. The summed E-state index contributed by atoms with van der Waals surface area (Å²) < 4.78 is 118. The Bertz CT molecular complexity index is 1020. The largest absolute Gasteiger partial charge is 0.522 e. The molecule has 0 aliphatic rings. The molecule has 3 N–H and O–H groups in total. The number of rotatable bonds is 3. The molecule has 1 rings (SSSR count). The van der Waals surface area contributed by atoms with E-state index in [0.717, 1.165) is 12.1 Å². The zero-order valence-electron chi connectivity index (χ0n) is 16.8. The monoisotopic (exact) mass is 521 g/mol. The maximum Gasteiger partial charge on any atom is 0.522 e. The van der Waals surface area contributed by atoms with E-state index in [1.807, 2.05) is 0 Å². The Morgan fingerprint density at radius 2 is 1.17 bits per heavy atom. The van der Waals surface area contributed by atoms with E-state index in [4.69, 9.17) is 22.1 Å². The molecule has 0 atom stereocenters. The summed E-state index contributed by atoms with van der Waals surface area (Å²) in [6, 6.07) is 3.49. The molecule has 0 heterocycles. The molecular weight excluding hydrogens is 497 g/mol. The van der Waals surface area contributed by atoms with Gasteiger partial charge < -0.3 is 0 Å². The lowest BCUT2D eigenvalue weighted by Crippen LogP contribution is -2.29. The Morgan fingerprint density at radius 1 is 0.833 bits per heavy atom. The smallest absolute Gasteiger partial charge is 0.285 e. The Labute approximate surface area is 177 Å². The first kappa shape index (κ1) is 31.3. The first-order valence-electron chi connectivity index (χ1n) is 7.44. The second-order valence-electron chi connectivity index (χ2n) is 6.58. The van der Waals surface area contributed by atoms with E-state index in [2.05, 4.69) is 18.8 Å². The maximum atomic E-state index is 11.3. The van der Waals surface area contributed by atoms with Crippen molar-refractivity contribution >= 4 is 41.2 Å². The maximum absolute atomic E-state index is 11.3. The van der Waals surface area contributed by atoms with Gasteiger partial charge in [0.05, 0.1) is 23.7 Å². The molecule has 16 heteroatoms. The molecular formula is C14H24F3O9S4+. The highest BCUT2D eigenvalue weighted by molar-refractivity contribution is 7.94. The number of halogens is 3. The van der Waals surface area contributed by atoms with E-state index in [1.165, 1.54) is 26.8 Å². The topological polar surface area (TPSA) is 163 Å². The van der Waals surface area contributed by atoms with E-state index in [1.54, 1.807) is 0 Å². The molecule has 1 aromatic carbocycles. The van der Waals surface area contributed by atoms with E-state index >= 15 is 0 Å². The summed E-state index contributed by atoms with van der Waals surface area (Å²) in [6.07, 6.45) is 6.58. The summed E-state index contributed by atoms with van der Waals surface area (Å²) >= 11 is 0. The minimum Gasteiger partial charge on any atom is -0.285 e. The number of aryl methyl sites for hydroxylation is 1. The molecule has 0 unspecified atom stereocenters. The third-order valence-corrected chi connectivity index (χ3v) is 6.03. The molecule has 0 amide bonds. The van der Waals surface area contributed by atoms with E-state index < -0.39 is 40.6 Å². The summed E-state index contributed by atoms with van der Waals surface area (Å²) in [6.45, 7) is 4.10. The van der Waals surface area contributed by atoms with Crippen molar-refractivity contribution in [1.82, 2.24) is 0 Å². The molecule has 0 radical (unpaired) electrons. The van der Waals surface area contributed by atoms with Gasteiger partial charge in [0.2, 0.25) is 0 Å². The van der Waals surface area contributed by atoms with Crippen molar-refractivity contribution in [2.75, 3.05) is 18.8 Å². The zero-order valence-corrected chi connectivity index (χ0v) is 20.1. The van der Waals surface area contributed by atoms with Gasteiger partial charge in [-0.15, -0.1) is 0 Å². The van der Waals surface area contributed by atoms with Crippen molar-refractivity contribution in [3.8, 4) is 0 Å². The van der Waals surface area contributed by atoms with E-state index in [-0.39, 0.29) is 10.5 Å². The predicted octanol–water partition coefficient (Wildman–Crippen LogP) is 2.25. The molecule has 0 saturated heterocycles. The average Bonchev–Trinajstić information content (AvgIpc) is 2.42. The number of hydrogen-bond donors (Lipinski definition) is 3. The Kier molecular flexibility index (Phi) is 11.1. The van der Waals surface area contributed by atoms with Crippen molar-refractivity contribution in [2.24, 2.45) is 0 Å². The molecule has 9 nitrogen and oxygen atoms in total. The normalized spacial score (nSPS) is 13.1. The summed E-state index contributed by atoms with van der Waals surface area (Å²) in [5.41, 5.74) is -4.93. The average molecular weight is 522 g/mol. The van der Waals surface area contributed by atoms with Crippen LogP contribution in [0, 0.1) is 6.92 Å². The van der Waals surface area contributed by atoms with Crippen LogP contribution < -0.4 is 0 Å². The van der Waals surface area contributed by atoms with Crippen LogP contribution >= 0.6 is 0 Å². The standard InChI is InChI=1S/C10H14O6S2.C3H9S.CHF3O3S/c1-7-6-8(17(11,12)13)4-5-9(7)10(2,3)18(14,15)16;1-4(2)3;2-1(3,4)8(5,6)7/h4-6H,1-3H3,(H,11,12,13)(H,14,15,16);1-3H3;(H,5,6,7)/q;+1;. The summed E-state index contributed by atoms with van der Waals surface area (Å²) in [5, 5.41) is 0. The highest BCUT2D eigenvalue weighted by Crippen LogP contribution is 2.32. The van der Waals surface area contributed by atoms with Gasteiger partial charge >= 0.3 is 15.6 Å². The van der Waals surface area contributed by atoms with Gasteiger partial charge in [-0.25, -0.2) is 0 Å². The highest BCUT2D eigenvalue weighted by Gasteiger charge is 2.44. The molecule has 0 spiro atoms. The molecule has 0 aromatic heterocycles. The van der Waals surface area contributed by atoms with Crippen molar-refractivity contribution < 1.29 is 52.1 Å². The van der Waals surface area contributed by atoms with Crippen LogP contribution in [0.4, 0.5) is 13.2 Å². The fraction of sp³-hybridized carbons (Fsp3) is 0.571. The molecule has 0 aliphatic carbocycles. The lowest BCUT2D eigenvalue weighted by molar-refractivity contribution is -0.0510. The first-order chi connectivity index (χ1) is 12.9. The van der Waals surface area contributed by atoms with Crippen molar-refractivity contribution in [3.05, 3.63) is 29.3 Å². The SMILES string of the molecule is C[S+](C)C.Cc1cc(S(=O)(=O)O)ccc1C(C)(C)S(=O)(=O)O.O=S(=O)(O)C(F)(F)F. The third kappa shape index (κ3) is 10.4. The number of alkyl halides is 3. The lowest BCUT2D eigenvalue weighted by atomic mass is 9.97. The van der Waals surface area contributed by atoms with Gasteiger partial charge in [0.1, 0.15) is 4.75 Å². The minimum atomic E-state index is -5.84. The van der Waals surface area contributed by atoms with Crippen molar-refractivity contribution in [1.29, 1.82) is 0 Å². The fourth-order valence-corrected chi connectivity index (χ4v) is 2.68. The van der Waals surface area contributed by atoms with Gasteiger partial charge in [-0.1, -0.05) is 6.07 Å². The fourth-order valence-electron chi connectivity index (χ4n) is 1.61. The van der Waals surface area contributed by atoms with Gasteiger partial charge in [0.15, 0.2) is 0 Å². The summed E-state index contributed by atoms with van der Waals surface area (Å²) in [7, 11) is -13.9. The van der Waals surface area contributed by atoms with E-state index in [0.29, 0.717) is 16.5 Å². The zero-order chi connectivity index (χ0) is 24.9. The first-order valence-corrected chi connectivity index (χ1v) is 14.2. The molecule has 0 aliphatic heterocycles. The number of hydrogen-bond acceptors (Lipinski definition) is 6. The van der Waals surface area contributed by atoms with Gasteiger partial charge in [0.25, 0.3) is 20.2 Å². The van der Waals surface area contributed by atoms with Crippen LogP contribution in [0.25, 0.3) is 0 Å². The molecule has 0 fully saturated rings. The Hall–Kier alpha value is -0.910. The van der Waals surface area contributed by atoms with Gasteiger partial charge in [0, 0.05) is 0 Å². The van der Waals surface area contributed by atoms with Crippen LogP contribution in [0.3, 0.4) is 0 Å². The molecule has 178 valence electrons. The van der Waals surface area contributed by atoms with Crippen LogP contribution in [-0.4, -0.2) is 63.2 Å². The third-order valence-electron chi connectivity index (χ3n) is 3.08. The molecule has 0 bridgehead atoms. The van der Waals surface area contributed by atoms with Crippen LogP contribution in [0.5, 0.6) is 0 Å². The predicted molar refractivity (Wildman–Crippen MR) is 108 cm³/mol. The highest BCUT2D eigenvalue weighted by atomic mass is 32.2. The Balaban J connectivity index is 0. The van der Waals surface area contributed by atoms with Gasteiger partial charge in [-0.3, -0.25) is 13.7 Å². The molecule has 30 heavy (non-hydrogen) atoms. The number of benzene rings is 1. The second kappa shape index (κ2) is 10.6. The van der Waals surface area contributed by atoms with Gasteiger partial charge in [-0.05, 0) is 54.9 Å². The van der Waals surface area contributed by atoms with E-state index in [9.17, 15) is 30.0 Å². The quantitative estimate of drug-likeness (QED) is 0.307. The van der Waals surface area contributed by atoms with Crippen molar-refractivity contribution in [2.45, 2.75) is 35.9 Å². The second-order valence-corrected chi connectivity index (χ2v) is 13.8.